The molecule has 0 bridgehead atoms. The number of amides is 1. The third kappa shape index (κ3) is 3.61. The van der Waals surface area contributed by atoms with Crippen molar-refractivity contribution in [2.24, 2.45) is 0 Å². The Morgan fingerprint density at radius 2 is 1.93 bits per heavy atom. The second kappa shape index (κ2) is 7.83. The predicted octanol–water partition coefficient (Wildman–Crippen LogP) is 3.38. The second-order valence-electron chi connectivity index (χ2n) is 6.58. The Balaban J connectivity index is 1.64. The van der Waals surface area contributed by atoms with Crippen LogP contribution in [0.3, 0.4) is 0 Å². The molecule has 0 aliphatic carbocycles. The molecule has 0 radical (unpaired) electrons. The summed E-state index contributed by atoms with van der Waals surface area (Å²) in [7, 11) is 1.66. The number of halogens is 1. The summed E-state index contributed by atoms with van der Waals surface area (Å²) in [5.74, 6) is 0.772. The van der Waals surface area contributed by atoms with Crippen LogP contribution in [0.15, 0.2) is 48.9 Å². The van der Waals surface area contributed by atoms with Crippen LogP contribution in [0, 0.1) is 5.95 Å². The van der Waals surface area contributed by atoms with E-state index in [2.05, 4.69) is 15.0 Å². The Kier molecular flexibility index (Phi) is 5.07. The number of anilines is 3. The van der Waals surface area contributed by atoms with E-state index >= 15 is 0 Å². The number of hydrogen-bond donors (Lipinski definition) is 0. The summed E-state index contributed by atoms with van der Waals surface area (Å²) >= 11 is 0. The van der Waals surface area contributed by atoms with E-state index in [1.54, 1.807) is 48.7 Å². The SMILES string of the molecule is CCN1c2ncc(CCOc3ccncc3)cc2C(=O)N(C)c2ccc(F)nc21. The third-order valence-electron chi connectivity index (χ3n) is 4.78. The van der Waals surface area contributed by atoms with Gasteiger partial charge in [0.05, 0.1) is 17.9 Å². The lowest BCUT2D eigenvalue weighted by Gasteiger charge is -2.22. The van der Waals surface area contributed by atoms with Crippen molar-refractivity contribution in [3.63, 3.8) is 0 Å². The average molecular weight is 393 g/mol. The highest BCUT2D eigenvalue weighted by Crippen LogP contribution is 2.37. The first kappa shape index (κ1) is 18.8. The van der Waals surface area contributed by atoms with E-state index in [1.165, 1.54) is 11.0 Å². The number of carbonyl (C=O) groups is 1. The summed E-state index contributed by atoms with van der Waals surface area (Å²) in [5.41, 5.74) is 1.87. The van der Waals surface area contributed by atoms with Crippen molar-refractivity contribution < 1.29 is 13.9 Å². The van der Waals surface area contributed by atoms with Gasteiger partial charge in [-0.05, 0) is 42.8 Å². The molecule has 1 amide bonds. The lowest BCUT2D eigenvalue weighted by atomic mass is 10.1. The van der Waals surface area contributed by atoms with Gasteiger partial charge in [0.25, 0.3) is 5.91 Å². The van der Waals surface area contributed by atoms with Gasteiger partial charge in [0.1, 0.15) is 11.6 Å². The fraction of sp³-hybridized carbons (Fsp3) is 0.238. The van der Waals surface area contributed by atoms with Gasteiger partial charge in [-0.3, -0.25) is 9.78 Å². The average Bonchev–Trinajstić information content (AvgIpc) is 2.82. The predicted molar refractivity (Wildman–Crippen MR) is 107 cm³/mol. The van der Waals surface area contributed by atoms with Crippen molar-refractivity contribution in [1.82, 2.24) is 15.0 Å². The van der Waals surface area contributed by atoms with Crippen LogP contribution >= 0.6 is 0 Å². The van der Waals surface area contributed by atoms with Gasteiger partial charge in [0, 0.05) is 38.6 Å². The Morgan fingerprint density at radius 3 is 2.69 bits per heavy atom. The van der Waals surface area contributed by atoms with Crippen molar-refractivity contribution in [1.29, 1.82) is 0 Å². The molecule has 0 aromatic carbocycles. The van der Waals surface area contributed by atoms with Gasteiger partial charge < -0.3 is 14.5 Å². The highest BCUT2D eigenvalue weighted by atomic mass is 19.1. The maximum Gasteiger partial charge on any atom is 0.261 e. The van der Waals surface area contributed by atoms with Gasteiger partial charge in [0.2, 0.25) is 5.95 Å². The monoisotopic (exact) mass is 393 g/mol. The van der Waals surface area contributed by atoms with E-state index < -0.39 is 5.95 Å². The van der Waals surface area contributed by atoms with E-state index in [0.29, 0.717) is 42.5 Å². The fourth-order valence-electron chi connectivity index (χ4n) is 3.30. The molecule has 4 heterocycles. The van der Waals surface area contributed by atoms with E-state index in [-0.39, 0.29) is 5.91 Å². The quantitative estimate of drug-likeness (QED) is 0.619. The number of nitrogens with zero attached hydrogens (tertiary/aromatic N) is 5. The molecule has 7 nitrogen and oxygen atoms in total. The van der Waals surface area contributed by atoms with Crippen molar-refractivity contribution in [3.8, 4) is 5.75 Å². The molecule has 3 aromatic heterocycles. The number of rotatable bonds is 5. The molecule has 29 heavy (non-hydrogen) atoms. The Labute approximate surface area is 167 Å². The Hall–Kier alpha value is -3.55. The summed E-state index contributed by atoms with van der Waals surface area (Å²) < 4.78 is 19.5. The maximum atomic E-state index is 13.8. The minimum Gasteiger partial charge on any atom is -0.493 e. The zero-order valence-corrected chi connectivity index (χ0v) is 16.2. The van der Waals surface area contributed by atoms with Gasteiger partial charge in [-0.2, -0.15) is 9.37 Å². The summed E-state index contributed by atoms with van der Waals surface area (Å²) in [5, 5.41) is 0. The molecule has 0 saturated heterocycles. The normalized spacial score (nSPS) is 13.0. The smallest absolute Gasteiger partial charge is 0.261 e. The van der Waals surface area contributed by atoms with E-state index in [0.717, 1.165) is 11.3 Å². The standard InChI is InChI=1S/C21H20FN5O2/c1-3-27-19-16(21(28)26(2)17-4-5-18(22)25-20(17)27)12-14(13-24-19)8-11-29-15-6-9-23-10-7-15/h4-7,9-10,12-13H,3,8,11H2,1-2H3. The molecule has 1 aliphatic heterocycles. The third-order valence-corrected chi connectivity index (χ3v) is 4.78. The van der Waals surface area contributed by atoms with Crippen molar-refractivity contribution in [2.45, 2.75) is 13.3 Å². The highest BCUT2D eigenvalue weighted by Gasteiger charge is 2.31. The summed E-state index contributed by atoms with van der Waals surface area (Å²) in [4.78, 5) is 28.8. The fourth-order valence-corrected chi connectivity index (χ4v) is 3.30. The summed E-state index contributed by atoms with van der Waals surface area (Å²) in [6.07, 6.45) is 5.64. The highest BCUT2D eigenvalue weighted by molar-refractivity contribution is 6.12. The van der Waals surface area contributed by atoms with Crippen LogP contribution in [0.1, 0.15) is 22.8 Å². The molecule has 0 unspecified atom stereocenters. The van der Waals surface area contributed by atoms with Crippen LogP contribution in [-0.2, 0) is 6.42 Å². The molecule has 0 saturated carbocycles. The van der Waals surface area contributed by atoms with Crippen LogP contribution in [0.5, 0.6) is 5.75 Å². The van der Waals surface area contributed by atoms with Crippen LogP contribution in [-0.4, -0.2) is 41.1 Å². The van der Waals surface area contributed by atoms with Gasteiger partial charge in [0.15, 0.2) is 5.82 Å². The molecule has 4 rings (SSSR count). The largest absolute Gasteiger partial charge is 0.493 e. The maximum absolute atomic E-state index is 13.8. The van der Waals surface area contributed by atoms with Gasteiger partial charge in [-0.25, -0.2) is 4.98 Å². The number of aromatic nitrogens is 3. The van der Waals surface area contributed by atoms with Crippen LogP contribution in [0.25, 0.3) is 0 Å². The number of ether oxygens (including phenoxy) is 1. The molecule has 0 fully saturated rings. The molecular formula is C21H20FN5O2. The van der Waals surface area contributed by atoms with Crippen LogP contribution in [0.2, 0.25) is 0 Å². The summed E-state index contributed by atoms with van der Waals surface area (Å²) in [6, 6.07) is 8.21. The minimum absolute atomic E-state index is 0.213. The Morgan fingerprint density at radius 1 is 1.14 bits per heavy atom. The molecule has 0 spiro atoms. The van der Waals surface area contributed by atoms with Crippen molar-refractivity contribution in [2.75, 3.05) is 30.0 Å². The molecule has 3 aromatic rings. The first-order valence-corrected chi connectivity index (χ1v) is 9.32. The molecule has 1 aliphatic rings. The summed E-state index contributed by atoms with van der Waals surface area (Å²) in [6.45, 7) is 2.85. The zero-order chi connectivity index (χ0) is 20.4. The van der Waals surface area contributed by atoms with E-state index in [1.807, 2.05) is 13.0 Å². The molecular weight excluding hydrogens is 373 g/mol. The number of pyridine rings is 3. The topological polar surface area (TPSA) is 71.5 Å². The van der Waals surface area contributed by atoms with Crippen molar-refractivity contribution in [3.05, 3.63) is 66.0 Å². The lowest BCUT2D eigenvalue weighted by molar-refractivity contribution is 0.0994. The molecule has 148 valence electrons. The number of fused-ring (bicyclic) bond motifs is 2. The van der Waals surface area contributed by atoms with Gasteiger partial charge >= 0.3 is 0 Å². The molecule has 0 atom stereocenters. The molecule has 8 heteroatoms. The van der Waals surface area contributed by atoms with Gasteiger partial charge in [-0.15, -0.1) is 0 Å². The first-order chi connectivity index (χ1) is 14.1. The minimum atomic E-state index is -0.601. The van der Waals surface area contributed by atoms with E-state index in [9.17, 15) is 9.18 Å². The van der Waals surface area contributed by atoms with Crippen molar-refractivity contribution >= 4 is 23.2 Å². The van der Waals surface area contributed by atoms with Gasteiger partial charge in [-0.1, -0.05) is 0 Å². The van der Waals surface area contributed by atoms with Crippen LogP contribution < -0.4 is 14.5 Å². The Bertz CT molecular complexity index is 1040. The van der Waals surface area contributed by atoms with Crippen LogP contribution in [0.4, 0.5) is 21.7 Å². The van der Waals surface area contributed by atoms with E-state index in [4.69, 9.17) is 4.74 Å². The molecule has 0 N–H and O–H groups in total. The lowest BCUT2D eigenvalue weighted by Crippen LogP contribution is -2.25. The first-order valence-electron chi connectivity index (χ1n) is 9.32. The number of hydrogen-bond acceptors (Lipinski definition) is 6. The zero-order valence-electron chi connectivity index (χ0n) is 16.2. The number of carbonyl (C=O) groups excluding carboxylic acids is 1. The second-order valence-corrected chi connectivity index (χ2v) is 6.58.